The molecule has 0 aliphatic carbocycles. The molecule has 1 aliphatic heterocycles. The molecule has 4 nitrogen and oxygen atoms in total. The van der Waals surface area contributed by atoms with Crippen LogP contribution in [0.1, 0.15) is 42.2 Å². The molecule has 2 heterocycles. The maximum absolute atomic E-state index is 12.4. The molecule has 0 spiro atoms. The Balaban J connectivity index is 1.96. The van der Waals surface area contributed by atoms with Crippen LogP contribution in [0.15, 0.2) is 12.3 Å². The molecule has 1 amide bonds. The fourth-order valence-corrected chi connectivity index (χ4v) is 3.63. The Morgan fingerprint density at radius 2 is 2.19 bits per heavy atom. The Morgan fingerprint density at radius 3 is 2.90 bits per heavy atom. The van der Waals surface area contributed by atoms with Crippen LogP contribution in [-0.2, 0) is 0 Å². The van der Waals surface area contributed by atoms with Gasteiger partial charge in [0.05, 0.1) is 11.3 Å². The summed E-state index contributed by atoms with van der Waals surface area (Å²) in [5.41, 5.74) is 2.47. The molecule has 1 fully saturated rings. The number of thioether (sulfide) groups is 1. The number of nitrogens with zero attached hydrogens (tertiary/aromatic N) is 1. The van der Waals surface area contributed by atoms with E-state index in [1.165, 1.54) is 24.3 Å². The third-order valence-corrected chi connectivity index (χ3v) is 4.79. The number of aryl methyl sites for hydroxylation is 1. The molecular formula is C16H25N3OS. The number of anilines is 1. The fraction of sp³-hybridized carbons (Fsp3) is 0.625. The van der Waals surface area contributed by atoms with Crippen LogP contribution in [0.5, 0.6) is 0 Å². The average molecular weight is 307 g/mol. The molecular weight excluding hydrogens is 282 g/mol. The molecule has 1 saturated heterocycles. The van der Waals surface area contributed by atoms with Crippen LogP contribution >= 0.6 is 11.8 Å². The molecule has 21 heavy (non-hydrogen) atoms. The van der Waals surface area contributed by atoms with Crippen molar-refractivity contribution in [1.82, 2.24) is 10.3 Å². The van der Waals surface area contributed by atoms with Crippen molar-refractivity contribution in [1.29, 1.82) is 0 Å². The van der Waals surface area contributed by atoms with Crippen molar-refractivity contribution in [3.63, 3.8) is 0 Å². The van der Waals surface area contributed by atoms with Gasteiger partial charge in [-0.2, -0.15) is 11.8 Å². The van der Waals surface area contributed by atoms with Gasteiger partial charge < -0.3 is 10.6 Å². The molecule has 2 rings (SSSR count). The molecule has 0 aromatic carbocycles. The number of amides is 1. The summed E-state index contributed by atoms with van der Waals surface area (Å²) in [4.78, 5) is 16.6. The van der Waals surface area contributed by atoms with Gasteiger partial charge in [0.15, 0.2) is 0 Å². The summed E-state index contributed by atoms with van der Waals surface area (Å²) in [6.07, 6.45) is 5.12. The first-order valence-corrected chi connectivity index (χ1v) is 8.92. The van der Waals surface area contributed by atoms with Crippen molar-refractivity contribution >= 4 is 23.4 Å². The smallest absolute Gasteiger partial charge is 0.254 e. The third-order valence-electron chi connectivity index (χ3n) is 3.74. The van der Waals surface area contributed by atoms with Crippen molar-refractivity contribution in [3.05, 3.63) is 23.5 Å². The summed E-state index contributed by atoms with van der Waals surface area (Å²) < 4.78 is 0. The summed E-state index contributed by atoms with van der Waals surface area (Å²) in [6.45, 7) is 5.70. The lowest BCUT2D eigenvalue weighted by atomic mass is 10.0. The first-order valence-electron chi connectivity index (χ1n) is 7.77. The molecule has 1 aliphatic rings. The summed E-state index contributed by atoms with van der Waals surface area (Å²) in [5.74, 6) is 3.05. The largest absolute Gasteiger partial charge is 0.384 e. The zero-order chi connectivity index (χ0) is 15.1. The van der Waals surface area contributed by atoms with Crippen molar-refractivity contribution in [2.45, 2.75) is 33.1 Å². The van der Waals surface area contributed by atoms with E-state index < -0.39 is 0 Å². The van der Waals surface area contributed by atoms with E-state index in [0.717, 1.165) is 30.9 Å². The fourth-order valence-electron chi connectivity index (χ4n) is 2.43. The van der Waals surface area contributed by atoms with E-state index in [1.54, 1.807) is 6.20 Å². The van der Waals surface area contributed by atoms with Gasteiger partial charge >= 0.3 is 0 Å². The number of hydrogen-bond acceptors (Lipinski definition) is 4. The van der Waals surface area contributed by atoms with E-state index in [2.05, 4.69) is 22.5 Å². The minimum Gasteiger partial charge on any atom is -0.384 e. The SMILES string of the molecule is CCCNc1cc(C)ncc1C(=O)NCC1CCSCC1. The number of carbonyl (C=O) groups is 1. The minimum absolute atomic E-state index is 0.0145. The highest BCUT2D eigenvalue weighted by Crippen LogP contribution is 2.22. The predicted molar refractivity (Wildman–Crippen MR) is 90.1 cm³/mol. The average Bonchev–Trinajstić information content (AvgIpc) is 2.51. The Labute approximate surface area is 131 Å². The van der Waals surface area contributed by atoms with E-state index in [9.17, 15) is 4.79 Å². The van der Waals surface area contributed by atoms with Crippen LogP contribution in [0, 0.1) is 12.8 Å². The first-order chi connectivity index (χ1) is 10.2. The number of aromatic nitrogens is 1. The lowest BCUT2D eigenvalue weighted by Crippen LogP contribution is -2.31. The Bertz CT molecular complexity index is 473. The van der Waals surface area contributed by atoms with Crippen LogP contribution in [-0.4, -0.2) is 35.5 Å². The summed E-state index contributed by atoms with van der Waals surface area (Å²) in [6, 6.07) is 1.95. The second-order valence-electron chi connectivity index (χ2n) is 5.56. The molecule has 116 valence electrons. The number of pyridine rings is 1. The Hall–Kier alpha value is -1.23. The molecule has 0 bridgehead atoms. The highest BCUT2D eigenvalue weighted by Gasteiger charge is 2.17. The van der Waals surface area contributed by atoms with Gasteiger partial charge in [-0.15, -0.1) is 0 Å². The topological polar surface area (TPSA) is 54.0 Å². The molecule has 1 aromatic rings. The number of rotatable bonds is 6. The van der Waals surface area contributed by atoms with Crippen LogP contribution in [0.25, 0.3) is 0 Å². The summed E-state index contributed by atoms with van der Waals surface area (Å²) in [7, 11) is 0. The number of hydrogen-bond donors (Lipinski definition) is 2. The maximum Gasteiger partial charge on any atom is 0.254 e. The highest BCUT2D eigenvalue weighted by atomic mass is 32.2. The quantitative estimate of drug-likeness (QED) is 0.848. The molecule has 1 aromatic heterocycles. The van der Waals surface area contributed by atoms with Crippen molar-refractivity contribution in [3.8, 4) is 0 Å². The maximum atomic E-state index is 12.4. The van der Waals surface area contributed by atoms with Gasteiger partial charge in [-0.3, -0.25) is 9.78 Å². The van der Waals surface area contributed by atoms with E-state index in [0.29, 0.717) is 11.5 Å². The monoisotopic (exact) mass is 307 g/mol. The molecule has 0 unspecified atom stereocenters. The van der Waals surface area contributed by atoms with Crippen LogP contribution < -0.4 is 10.6 Å². The normalized spacial score (nSPS) is 15.7. The van der Waals surface area contributed by atoms with Gasteiger partial charge in [-0.1, -0.05) is 6.92 Å². The Morgan fingerprint density at radius 1 is 1.43 bits per heavy atom. The van der Waals surface area contributed by atoms with Gasteiger partial charge in [0, 0.05) is 25.0 Å². The van der Waals surface area contributed by atoms with E-state index in [1.807, 2.05) is 24.8 Å². The summed E-state index contributed by atoms with van der Waals surface area (Å²) >= 11 is 2.01. The van der Waals surface area contributed by atoms with Crippen molar-refractivity contribution in [2.24, 2.45) is 5.92 Å². The number of carbonyl (C=O) groups excluding carboxylic acids is 1. The predicted octanol–water partition coefficient (Wildman–Crippen LogP) is 3.08. The minimum atomic E-state index is -0.0145. The van der Waals surface area contributed by atoms with Gasteiger partial charge in [-0.05, 0) is 49.7 Å². The van der Waals surface area contributed by atoms with Crippen molar-refractivity contribution in [2.75, 3.05) is 29.9 Å². The summed E-state index contributed by atoms with van der Waals surface area (Å²) in [5, 5.41) is 6.40. The van der Waals surface area contributed by atoms with Crippen LogP contribution in [0.4, 0.5) is 5.69 Å². The molecule has 0 saturated carbocycles. The zero-order valence-corrected chi connectivity index (χ0v) is 13.8. The van der Waals surface area contributed by atoms with E-state index >= 15 is 0 Å². The third kappa shape index (κ3) is 4.92. The Kier molecular flexibility index (Phi) is 6.36. The first kappa shape index (κ1) is 16.1. The lowest BCUT2D eigenvalue weighted by molar-refractivity contribution is 0.0947. The zero-order valence-electron chi connectivity index (χ0n) is 12.9. The van der Waals surface area contributed by atoms with Gasteiger partial charge in [-0.25, -0.2) is 0 Å². The van der Waals surface area contributed by atoms with Gasteiger partial charge in [0.2, 0.25) is 0 Å². The van der Waals surface area contributed by atoms with Gasteiger partial charge in [0.1, 0.15) is 0 Å². The second kappa shape index (κ2) is 8.27. The van der Waals surface area contributed by atoms with E-state index in [-0.39, 0.29) is 5.91 Å². The molecule has 0 atom stereocenters. The molecule has 5 heteroatoms. The van der Waals surface area contributed by atoms with Crippen LogP contribution in [0.3, 0.4) is 0 Å². The highest BCUT2D eigenvalue weighted by molar-refractivity contribution is 7.99. The lowest BCUT2D eigenvalue weighted by Gasteiger charge is -2.21. The molecule has 2 N–H and O–H groups in total. The van der Waals surface area contributed by atoms with Crippen LogP contribution in [0.2, 0.25) is 0 Å². The van der Waals surface area contributed by atoms with Crippen molar-refractivity contribution < 1.29 is 4.79 Å². The molecule has 0 radical (unpaired) electrons. The van der Waals surface area contributed by atoms with Gasteiger partial charge in [0.25, 0.3) is 5.91 Å². The number of nitrogens with one attached hydrogen (secondary N) is 2. The second-order valence-corrected chi connectivity index (χ2v) is 6.79. The van der Waals surface area contributed by atoms with E-state index in [4.69, 9.17) is 0 Å². The standard InChI is InChI=1S/C16H25N3OS/c1-3-6-17-15-9-12(2)18-11-14(15)16(20)19-10-13-4-7-21-8-5-13/h9,11,13H,3-8,10H2,1-2H3,(H,17,18)(H,19,20).